The van der Waals surface area contributed by atoms with Crippen molar-refractivity contribution in [1.82, 2.24) is 31.6 Å². The van der Waals surface area contributed by atoms with E-state index in [0.29, 0.717) is 24.9 Å². The Morgan fingerprint density at radius 3 is 2.32 bits per heavy atom. The van der Waals surface area contributed by atoms with Crippen molar-refractivity contribution in [2.75, 3.05) is 26.3 Å². The second-order valence-corrected chi connectivity index (χ2v) is 14.7. The molecular formula is C39H50N6O5. The Bertz CT molecular complexity index is 1610. The highest BCUT2D eigenvalue weighted by atomic mass is 16.5. The first-order chi connectivity index (χ1) is 24.0. The molecule has 5 N–H and O–H groups in total. The fourth-order valence-corrected chi connectivity index (χ4v) is 6.31. The second-order valence-electron chi connectivity index (χ2n) is 14.7. The number of ether oxygens (including phenoxy) is 1. The van der Waals surface area contributed by atoms with Gasteiger partial charge in [-0.1, -0.05) is 75.4 Å². The summed E-state index contributed by atoms with van der Waals surface area (Å²) in [5.41, 5.74) is 2.90. The number of aromatic nitrogens is 1. The Kier molecular flexibility index (Phi) is 12.4. The van der Waals surface area contributed by atoms with Crippen LogP contribution in [0.15, 0.2) is 79.1 Å². The number of amides is 4. The van der Waals surface area contributed by atoms with Crippen LogP contribution in [0, 0.1) is 5.41 Å². The molecule has 2 aromatic carbocycles. The molecule has 266 valence electrons. The summed E-state index contributed by atoms with van der Waals surface area (Å²) in [5, 5.41) is 15.5. The summed E-state index contributed by atoms with van der Waals surface area (Å²) in [6, 6.07) is 19.2. The zero-order chi connectivity index (χ0) is 35.6. The zero-order valence-corrected chi connectivity index (χ0v) is 29.3. The number of benzene rings is 2. The van der Waals surface area contributed by atoms with Crippen LogP contribution in [0.5, 0.6) is 0 Å². The van der Waals surface area contributed by atoms with Crippen molar-refractivity contribution in [2.24, 2.45) is 5.41 Å². The summed E-state index contributed by atoms with van der Waals surface area (Å²) in [4.78, 5) is 58.3. The van der Waals surface area contributed by atoms with E-state index in [9.17, 15) is 19.2 Å². The van der Waals surface area contributed by atoms with Crippen molar-refractivity contribution in [1.29, 1.82) is 0 Å². The van der Waals surface area contributed by atoms with Gasteiger partial charge in [-0.2, -0.15) is 0 Å². The number of rotatable bonds is 15. The Morgan fingerprint density at radius 2 is 1.62 bits per heavy atom. The molecule has 1 aliphatic heterocycles. The van der Waals surface area contributed by atoms with E-state index < -0.39 is 23.5 Å². The predicted molar refractivity (Wildman–Crippen MR) is 191 cm³/mol. The van der Waals surface area contributed by atoms with Crippen molar-refractivity contribution in [2.45, 2.75) is 83.0 Å². The van der Waals surface area contributed by atoms with Gasteiger partial charge in [-0.3, -0.25) is 29.5 Å². The third kappa shape index (κ3) is 10.4. The molecule has 0 radical (unpaired) electrons. The van der Waals surface area contributed by atoms with Crippen molar-refractivity contribution < 1.29 is 23.9 Å². The number of hydrogen-bond acceptors (Lipinski definition) is 7. The lowest BCUT2D eigenvalue weighted by atomic mass is 9.87. The SMILES string of the molecule is CC(C)(C)CNC(=O)C[C@H](NC1(CNC(=O)c2ccncc2)COC1)C(=O)N[C@@H](CCc1ccccc1)C(=O)N[C@@H]1CCCc2ccccc21. The van der Waals surface area contributed by atoms with Gasteiger partial charge in [-0.05, 0) is 66.3 Å². The summed E-state index contributed by atoms with van der Waals surface area (Å²) >= 11 is 0. The topological polar surface area (TPSA) is 151 Å². The first kappa shape index (κ1) is 36.7. The minimum atomic E-state index is -1.00. The molecule has 1 aromatic heterocycles. The first-order valence-electron chi connectivity index (χ1n) is 17.5. The number of fused-ring (bicyclic) bond motifs is 1. The largest absolute Gasteiger partial charge is 0.377 e. The van der Waals surface area contributed by atoms with Gasteiger partial charge in [-0.15, -0.1) is 0 Å². The minimum absolute atomic E-state index is 0.153. The molecule has 3 aromatic rings. The van der Waals surface area contributed by atoms with E-state index in [0.717, 1.165) is 30.4 Å². The molecule has 0 saturated carbocycles. The molecule has 0 spiro atoms. The van der Waals surface area contributed by atoms with Crippen LogP contribution in [0.25, 0.3) is 0 Å². The summed E-state index contributed by atoms with van der Waals surface area (Å²) in [7, 11) is 0. The first-order valence-corrected chi connectivity index (χ1v) is 17.5. The lowest BCUT2D eigenvalue weighted by molar-refractivity contribution is -0.135. The highest BCUT2D eigenvalue weighted by Gasteiger charge is 2.43. The van der Waals surface area contributed by atoms with Gasteiger partial charge >= 0.3 is 0 Å². The van der Waals surface area contributed by atoms with E-state index in [2.05, 4.69) is 43.7 Å². The van der Waals surface area contributed by atoms with Gasteiger partial charge < -0.3 is 26.0 Å². The van der Waals surface area contributed by atoms with Crippen molar-refractivity contribution in [3.63, 3.8) is 0 Å². The molecule has 5 rings (SSSR count). The van der Waals surface area contributed by atoms with E-state index in [4.69, 9.17) is 4.74 Å². The molecular weight excluding hydrogens is 632 g/mol. The van der Waals surface area contributed by atoms with Crippen LogP contribution in [0.2, 0.25) is 0 Å². The second kappa shape index (κ2) is 16.9. The maximum absolute atomic E-state index is 14.2. The van der Waals surface area contributed by atoms with Crippen molar-refractivity contribution in [3.05, 3.63) is 101 Å². The molecule has 0 unspecified atom stereocenters. The summed E-state index contributed by atoms with van der Waals surface area (Å²) in [6.45, 7) is 7.11. The Balaban J connectivity index is 1.33. The Morgan fingerprint density at radius 1 is 0.900 bits per heavy atom. The number of pyridine rings is 1. The van der Waals surface area contributed by atoms with Gasteiger partial charge in [0.05, 0.1) is 37.3 Å². The van der Waals surface area contributed by atoms with Crippen LogP contribution < -0.4 is 26.6 Å². The molecule has 1 fully saturated rings. The number of carbonyl (C=O) groups excluding carboxylic acids is 4. The number of hydrogen-bond donors (Lipinski definition) is 5. The van der Waals surface area contributed by atoms with Crippen LogP contribution in [0.3, 0.4) is 0 Å². The molecule has 2 heterocycles. The van der Waals surface area contributed by atoms with E-state index >= 15 is 0 Å². The fraction of sp³-hybridized carbons (Fsp3) is 0.462. The summed E-state index contributed by atoms with van der Waals surface area (Å²) in [5.74, 6) is -1.32. The maximum atomic E-state index is 14.2. The highest BCUT2D eigenvalue weighted by Crippen LogP contribution is 2.29. The average molecular weight is 683 g/mol. The fourth-order valence-electron chi connectivity index (χ4n) is 6.31. The van der Waals surface area contributed by atoms with Crippen molar-refractivity contribution >= 4 is 23.6 Å². The molecule has 11 heteroatoms. The molecule has 50 heavy (non-hydrogen) atoms. The van der Waals surface area contributed by atoms with E-state index in [1.165, 1.54) is 5.56 Å². The van der Waals surface area contributed by atoms with Crippen LogP contribution in [0.1, 0.15) is 79.5 Å². The lowest BCUT2D eigenvalue weighted by Crippen LogP contribution is -2.70. The minimum Gasteiger partial charge on any atom is -0.377 e. The molecule has 4 amide bonds. The Labute approximate surface area is 294 Å². The molecule has 1 saturated heterocycles. The quantitative estimate of drug-likeness (QED) is 0.165. The third-order valence-corrected chi connectivity index (χ3v) is 9.17. The van der Waals surface area contributed by atoms with Gasteiger partial charge in [-0.25, -0.2) is 0 Å². The average Bonchev–Trinajstić information content (AvgIpc) is 3.10. The molecule has 2 aliphatic rings. The summed E-state index contributed by atoms with van der Waals surface area (Å²) < 4.78 is 5.55. The van der Waals surface area contributed by atoms with Crippen LogP contribution in [0.4, 0.5) is 0 Å². The Hall–Kier alpha value is -4.61. The van der Waals surface area contributed by atoms with Gasteiger partial charge in [0.2, 0.25) is 17.7 Å². The van der Waals surface area contributed by atoms with E-state index in [1.54, 1.807) is 24.5 Å². The maximum Gasteiger partial charge on any atom is 0.251 e. The molecule has 3 atom stereocenters. The molecule has 1 aliphatic carbocycles. The monoisotopic (exact) mass is 682 g/mol. The number of nitrogens with zero attached hydrogens (tertiary/aromatic N) is 1. The number of aryl methyl sites for hydroxylation is 2. The van der Waals surface area contributed by atoms with Crippen LogP contribution in [-0.2, 0) is 32.0 Å². The van der Waals surface area contributed by atoms with E-state index in [-0.39, 0.29) is 55.4 Å². The zero-order valence-electron chi connectivity index (χ0n) is 29.3. The van der Waals surface area contributed by atoms with Crippen LogP contribution in [-0.4, -0.2) is 72.5 Å². The molecule has 0 bridgehead atoms. The van der Waals surface area contributed by atoms with E-state index in [1.807, 2.05) is 63.2 Å². The van der Waals surface area contributed by atoms with Gasteiger partial charge in [0, 0.05) is 31.0 Å². The standard InChI is InChI=1S/C39H50N6O5/c1-38(2,3)23-41-34(46)22-33(45-39(25-50-26-39)24-42-35(47)29-18-20-40-21-19-29)37(49)44-32(17-16-27-10-5-4-6-11-27)36(48)43-31-15-9-13-28-12-7-8-14-30(28)31/h4-8,10-12,14,18-21,31-33,45H,9,13,15-17,22-26H2,1-3H3,(H,41,46)(H,42,47)(H,43,48)(H,44,49)/t31-,32+,33+/m1/s1. The van der Waals surface area contributed by atoms with Gasteiger partial charge in [0.1, 0.15) is 6.04 Å². The molecule has 11 nitrogen and oxygen atoms in total. The summed E-state index contributed by atoms with van der Waals surface area (Å²) in [6.07, 6.45) is 6.61. The number of nitrogens with one attached hydrogen (secondary N) is 5. The number of carbonyl (C=O) groups is 4. The lowest BCUT2D eigenvalue weighted by Gasteiger charge is -2.44. The predicted octanol–water partition coefficient (Wildman–Crippen LogP) is 3.40. The van der Waals surface area contributed by atoms with Gasteiger partial charge in [0.25, 0.3) is 5.91 Å². The highest BCUT2D eigenvalue weighted by molar-refractivity contribution is 5.94. The smallest absolute Gasteiger partial charge is 0.251 e. The normalized spacial score (nSPS) is 17.6. The van der Waals surface area contributed by atoms with Crippen LogP contribution >= 0.6 is 0 Å². The van der Waals surface area contributed by atoms with Crippen molar-refractivity contribution in [3.8, 4) is 0 Å². The van der Waals surface area contributed by atoms with Gasteiger partial charge in [0.15, 0.2) is 0 Å². The third-order valence-electron chi connectivity index (χ3n) is 9.17.